The number of benzene rings is 1. The van der Waals surface area contributed by atoms with E-state index < -0.39 is 5.97 Å². The Morgan fingerprint density at radius 3 is 2.66 bits per heavy atom. The van der Waals surface area contributed by atoms with E-state index in [1.54, 1.807) is 17.0 Å². The van der Waals surface area contributed by atoms with E-state index in [1.807, 2.05) is 13.0 Å². The summed E-state index contributed by atoms with van der Waals surface area (Å²) in [5.41, 5.74) is 1.76. The fraction of sp³-hybridized carbons (Fsp3) is 0.500. The van der Waals surface area contributed by atoms with E-state index in [0.717, 1.165) is 30.2 Å². The lowest BCUT2D eigenvalue weighted by atomic mass is 9.97. The minimum Gasteiger partial charge on any atom is -0.483 e. The molecule has 0 atom stereocenters. The molecule has 0 saturated carbocycles. The third-order valence-electron chi connectivity index (χ3n) is 5.54. The van der Waals surface area contributed by atoms with Gasteiger partial charge in [-0.3, -0.25) is 9.59 Å². The molecule has 3 rings (SSSR count). The van der Waals surface area contributed by atoms with E-state index in [2.05, 4.69) is 6.92 Å². The number of unbranched alkanes of at least 4 members (excludes halogenated alkanes) is 1. The van der Waals surface area contributed by atoms with Crippen molar-refractivity contribution < 1.29 is 23.8 Å². The number of carbonyl (C=O) groups is 2. The number of hydrogen-bond donors (Lipinski definition) is 1. The molecule has 1 saturated heterocycles. The highest BCUT2D eigenvalue weighted by molar-refractivity contribution is 5.85. The molecule has 7 nitrogen and oxygen atoms in total. The van der Waals surface area contributed by atoms with Gasteiger partial charge in [0.1, 0.15) is 11.3 Å². The topological polar surface area (TPSA) is 97.0 Å². The van der Waals surface area contributed by atoms with Gasteiger partial charge in [-0.25, -0.2) is 4.79 Å². The van der Waals surface area contributed by atoms with Gasteiger partial charge in [-0.2, -0.15) is 0 Å². The zero-order chi connectivity index (χ0) is 21.0. The maximum absolute atomic E-state index is 12.4. The Kier molecular flexibility index (Phi) is 6.56. The monoisotopic (exact) mass is 401 g/mol. The molecule has 1 aliphatic rings. The van der Waals surface area contributed by atoms with Crippen LogP contribution in [-0.4, -0.2) is 41.6 Å². The Morgan fingerprint density at radius 2 is 2.00 bits per heavy atom. The SMILES string of the molecule is CCCCc1cc(=O)oc2c(C)c(OCC(=O)N3CCC(C(=O)O)CC3)ccc12. The van der Waals surface area contributed by atoms with Crippen LogP contribution in [0, 0.1) is 12.8 Å². The van der Waals surface area contributed by atoms with E-state index >= 15 is 0 Å². The second-order valence-corrected chi connectivity index (χ2v) is 7.54. The highest BCUT2D eigenvalue weighted by Crippen LogP contribution is 2.29. The van der Waals surface area contributed by atoms with Gasteiger partial charge in [0.25, 0.3) is 5.91 Å². The second kappa shape index (κ2) is 9.11. The first-order valence-corrected chi connectivity index (χ1v) is 10.1. The molecular weight excluding hydrogens is 374 g/mol. The maximum atomic E-state index is 12.4. The van der Waals surface area contributed by atoms with Crippen molar-refractivity contribution in [3.05, 3.63) is 39.7 Å². The molecule has 1 aromatic heterocycles. The van der Waals surface area contributed by atoms with E-state index in [0.29, 0.717) is 42.8 Å². The number of fused-ring (bicyclic) bond motifs is 1. The van der Waals surface area contributed by atoms with Gasteiger partial charge in [-0.05, 0) is 50.3 Å². The number of piperidine rings is 1. The molecule has 2 heterocycles. The summed E-state index contributed by atoms with van der Waals surface area (Å²) < 4.78 is 11.2. The average molecular weight is 401 g/mol. The molecule has 0 radical (unpaired) electrons. The van der Waals surface area contributed by atoms with Crippen LogP contribution in [0.4, 0.5) is 0 Å². The van der Waals surface area contributed by atoms with Crippen LogP contribution in [0.5, 0.6) is 5.75 Å². The Balaban J connectivity index is 1.71. The number of nitrogens with zero attached hydrogens (tertiary/aromatic N) is 1. The molecule has 156 valence electrons. The van der Waals surface area contributed by atoms with Crippen LogP contribution >= 0.6 is 0 Å². The maximum Gasteiger partial charge on any atom is 0.336 e. The highest BCUT2D eigenvalue weighted by Gasteiger charge is 2.27. The predicted octanol–water partition coefficient (Wildman–Crippen LogP) is 3.15. The lowest BCUT2D eigenvalue weighted by Crippen LogP contribution is -2.42. The van der Waals surface area contributed by atoms with Crippen molar-refractivity contribution in [1.29, 1.82) is 0 Å². The third kappa shape index (κ3) is 4.78. The van der Waals surface area contributed by atoms with Crippen molar-refractivity contribution in [2.24, 2.45) is 5.92 Å². The minimum absolute atomic E-state index is 0.135. The molecule has 2 aromatic rings. The van der Waals surface area contributed by atoms with Gasteiger partial charge >= 0.3 is 11.6 Å². The summed E-state index contributed by atoms with van der Waals surface area (Å²) in [7, 11) is 0. The smallest absolute Gasteiger partial charge is 0.336 e. The van der Waals surface area contributed by atoms with E-state index in [9.17, 15) is 14.4 Å². The molecule has 1 amide bonds. The van der Waals surface area contributed by atoms with Gasteiger partial charge < -0.3 is 19.2 Å². The van der Waals surface area contributed by atoms with Crippen molar-refractivity contribution in [3.63, 3.8) is 0 Å². The van der Waals surface area contributed by atoms with Crippen molar-refractivity contribution in [3.8, 4) is 5.75 Å². The number of likely N-dealkylation sites (tertiary alicyclic amines) is 1. The predicted molar refractivity (Wildman–Crippen MR) is 108 cm³/mol. The van der Waals surface area contributed by atoms with Crippen LogP contribution in [0.3, 0.4) is 0 Å². The number of ether oxygens (including phenoxy) is 1. The summed E-state index contributed by atoms with van der Waals surface area (Å²) in [5.74, 6) is -0.860. The normalized spacial score (nSPS) is 14.9. The Bertz CT molecular complexity index is 956. The van der Waals surface area contributed by atoms with Crippen LogP contribution in [0.15, 0.2) is 27.4 Å². The van der Waals surface area contributed by atoms with E-state index in [-0.39, 0.29) is 24.1 Å². The highest BCUT2D eigenvalue weighted by atomic mass is 16.5. The lowest BCUT2D eigenvalue weighted by Gasteiger charge is -2.30. The average Bonchev–Trinajstić information content (AvgIpc) is 2.71. The number of rotatable bonds is 7. The number of aryl methyl sites for hydroxylation is 2. The first-order valence-electron chi connectivity index (χ1n) is 10.1. The zero-order valence-corrected chi connectivity index (χ0v) is 16.9. The fourth-order valence-electron chi connectivity index (χ4n) is 3.75. The first-order chi connectivity index (χ1) is 13.9. The Morgan fingerprint density at radius 1 is 1.28 bits per heavy atom. The van der Waals surface area contributed by atoms with Gasteiger partial charge in [0.2, 0.25) is 0 Å². The summed E-state index contributed by atoms with van der Waals surface area (Å²) in [6.45, 7) is 4.62. The van der Waals surface area contributed by atoms with E-state index in [1.165, 1.54) is 0 Å². The largest absolute Gasteiger partial charge is 0.483 e. The molecule has 0 bridgehead atoms. The molecule has 1 N–H and O–H groups in total. The Hall–Kier alpha value is -2.83. The molecular formula is C22H27NO6. The summed E-state index contributed by atoms with van der Waals surface area (Å²) in [4.78, 5) is 37.1. The number of carboxylic acid groups (broad SMARTS) is 1. The van der Waals surface area contributed by atoms with Crippen molar-refractivity contribution in [2.45, 2.75) is 46.0 Å². The van der Waals surface area contributed by atoms with Crippen molar-refractivity contribution >= 4 is 22.8 Å². The van der Waals surface area contributed by atoms with Crippen molar-refractivity contribution in [2.75, 3.05) is 19.7 Å². The van der Waals surface area contributed by atoms with Crippen LogP contribution in [0.2, 0.25) is 0 Å². The van der Waals surface area contributed by atoms with Crippen LogP contribution in [-0.2, 0) is 16.0 Å². The number of carbonyl (C=O) groups excluding carboxylic acids is 1. The van der Waals surface area contributed by atoms with Crippen LogP contribution in [0.25, 0.3) is 11.0 Å². The van der Waals surface area contributed by atoms with Gasteiger partial charge in [0.15, 0.2) is 6.61 Å². The Labute approximate surface area is 169 Å². The molecule has 1 aromatic carbocycles. The number of aliphatic carboxylic acids is 1. The number of amides is 1. The number of hydrogen-bond acceptors (Lipinski definition) is 5. The first kappa shape index (κ1) is 20.9. The quantitative estimate of drug-likeness (QED) is 0.716. The molecule has 1 fully saturated rings. The summed E-state index contributed by atoms with van der Waals surface area (Å²) in [6.07, 6.45) is 3.75. The fourth-order valence-corrected chi connectivity index (χ4v) is 3.75. The molecule has 0 aliphatic carbocycles. The molecule has 7 heteroatoms. The van der Waals surface area contributed by atoms with Gasteiger partial charge in [-0.1, -0.05) is 13.3 Å². The zero-order valence-electron chi connectivity index (χ0n) is 16.9. The molecule has 29 heavy (non-hydrogen) atoms. The lowest BCUT2D eigenvalue weighted by molar-refractivity contribution is -0.146. The number of carboxylic acids is 1. The molecule has 0 spiro atoms. The standard InChI is InChI=1S/C22H27NO6/c1-3-4-5-16-12-20(25)29-21-14(2)18(7-6-17(16)21)28-13-19(24)23-10-8-15(9-11-23)22(26)27/h6-7,12,15H,3-5,8-11,13H2,1-2H3,(H,26,27). The summed E-state index contributed by atoms with van der Waals surface area (Å²) in [6, 6.07) is 5.22. The second-order valence-electron chi connectivity index (χ2n) is 7.54. The summed E-state index contributed by atoms with van der Waals surface area (Å²) in [5, 5.41) is 9.95. The van der Waals surface area contributed by atoms with Crippen LogP contribution < -0.4 is 10.4 Å². The van der Waals surface area contributed by atoms with Crippen LogP contribution in [0.1, 0.15) is 43.7 Å². The van der Waals surface area contributed by atoms with Crippen molar-refractivity contribution in [1.82, 2.24) is 4.90 Å². The molecule has 1 aliphatic heterocycles. The third-order valence-corrected chi connectivity index (χ3v) is 5.54. The van der Waals surface area contributed by atoms with E-state index in [4.69, 9.17) is 14.3 Å². The molecule has 0 unspecified atom stereocenters. The van der Waals surface area contributed by atoms with Gasteiger partial charge in [0.05, 0.1) is 5.92 Å². The van der Waals surface area contributed by atoms with Gasteiger partial charge in [-0.15, -0.1) is 0 Å². The van der Waals surface area contributed by atoms with Gasteiger partial charge in [0, 0.05) is 30.1 Å². The summed E-state index contributed by atoms with van der Waals surface area (Å²) >= 11 is 0. The minimum atomic E-state index is -0.806.